The Hall–Kier alpha value is -0.245. The Kier molecular flexibility index (Phi) is 2.54. The Morgan fingerprint density at radius 1 is 1.70 bits per heavy atom. The molecule has 0 aromatic heterocycles. The average Bonchev–Trinajstić information content (AvgIpc) is 1.95. The van der Waals surface area contributed by atoms with Crippen LogP contribution in [0.1, 0.15) is 0 Å². The number of rotatable bonds is 1. The lowest BCUT2D eigenvalue weighted by Gasteiger charge is -2.18. The van der Waals surface area contributed by atoms with Crippen LogP contribution < -0.4 is 5.32 Å². The van der Waals surface area contributed by atoms with Crippen LogP contribution in [0.25, 0.3) is 0 Å². The topological polar surface area (TPSA) is 12.0 Å². The van der Waals surface area contributed by atoms with Gasteiger partial charge < -0.3 is 5.32 Å². The molecule has 1 N–H and O–H groups in total. The maximum Gasteiger partial charge on any atom is 0.113 e. The Balaban J connectivity index is 2.68. The van der Waals surface area contributed by atoms with Gasteiger partial charge in [-0.2, -0.15) is 0 Å². The van der Waals surface area contributed by atoms with E-state index in [1.54, 1.807) is 6.08 Å². The zero-order valence-corrected chi connectivity index (χ0v) is 6.86. The highest BCUT2D eigenvalue weighted by Gasteiger charge is 2.10. The van der Waals surface area contributed by atoms with Crippen LogP contribution in [0, 0.1) is 0 Å². The maximum absolute atomic E-state index is 12.5. The van der Waals surface area contributed by atoms with E-state index in [1.807, 2.05) is 0 Å². The summed E-state index contributed by atoms with van der Waals surface area (Å²) in [7, 11) is 5.33. The predicted octanol–water partition coefficient (Wildman–Crippen LogP) is 1.22. The zero-order valence-electron chi connectivity index (χ0n) is 5.27. The van der Waals surface area contributed by atoms with E-state index < -0.39 is 5.94 Å². The van der Waals surface area contributed by atoms with Crippen LogP contribution in [-0.2, 0) is 0 Å². The molecule has 1 aliphatic heterocycles. The largest absolute Gasteiger partial charge is 0.387 e. The third-order valence-electron chi connectivity index (χ3n) is 1.23. The second-order valence-electron chi connectivity index (χ2n) is 2.00. The molecule has 0 saturated carbocycles. The third kappa shape index (κ3) is 1.63. The second-order valence-corrected chi connectivity index (χ2v) is 2.56. The van der Waals surface area contributed by atoms with Gasteiger partial charge in [-0.3, -0.25) is 0 Å². The SMILES string of the molecule is [B]C1NC(CBr)=CC=C1F. The molecule has 0 amide bonds. The average molecular weight is 202 g/mol. The van der Waals surface area contributed by atoms with Crippen LogP contribution in [0.5, 0.6) is 0 Å². The molecule has 0 aromatic rings. The highest BCUT2D eigenvalue weighted by atomic mass is 79.9. The van der Waals surface area contributed by atoms with Gasteiger partial charge in [0.2, 0.25) is 0 Å². The molecule has 52 valence electrons. The number of nitrogens with one attached hydrogen (secondary N) is 1. The Bertz CT molecular complexity index is 190. The normalized spacial score (nSPS) is 24.8. The van der Waals surface area contributed by atoms with E-state index in [9.17, 15) is 4.39 Å². The van der Waals surface area contributed by atoms with Crippen LogP contribution in [0.3, 0.4) is 0 Å². The van der Waals surface area contributed by atoms with Gasteiger partial charge in [-0.25, -0.2) is 4.39 Å². The summed E-state index contributed by atoms with van der Waals surface area (Å²) in [5.41, 5.74) is 0.897. The fraction of sp³-hybridized carbons (Fsp3) is 0.333. The maximum atomic E-state index is 12.5. The molecule has 0 aliphatic carbocycles. The predicted molar refractivity (Wildman–Crippen MR) is 43.7 cm³/mol. The van der Waals surface area contributed by atoms with Gasteiger partial charge in [0.25, 0.3) is 0 Å². The summed E-state index contributed by atoms with van der Waals surface area (Å²) in [6, 6.07) is 0. The summed E-state index contributed by atoms with van der Waals surface area (Å²) in [5, 5.41) is 3.44. The van der Waals surface area contributed by atoms with Gasteiger partial charge in [0.15, 0.2) is 0 Å². The van der Waals surface area contributed by atoms with E-state index in [-0.39, 0.29) is 5.83 Å². The Labute approximate surface area is 68.9 Å². The zero-order chi connectivity index (χ0) is 7.56. The van der Waals surface area contributed by atoms with Gasteiger partial charge in [0.1, 0.15) is 13.7 Å². The molecule has 1 unspecified atom stereocenters. The van der Waals surface area contributed by atoms with Crippen LogP contribution >= 0.6 is 15.9 Å². The van der Waals surface area contributed by atoms with E-state index in [0.717, 1.165) is 5.70 Å². The van der Waals surface area contributed by atoms with E-state index in [4.69, 9.17) is 7.85 Å². The van der Waals surface area contributed by atoms with Crippen molar-refractivity contribution in [1.29, 1.82) is 0 Å². The van der Waals surface area contributed by atoms with Crippen molar-refractivity contribution in [3.63, 3.8) is 0 Å². The van der Waals surface area contributed by atoms with E-state index in [1.165, 1.54) is 6.08 Å². The van der Waals surface area contributed by atoms with Crippen LogP contribution in [0.4, 0.5) is 4.39 Å². The van der Waals surface area contributed by atoms with Crippen LogP contribution in [-0.4, -0.2) is 19.1 Å². The molecule has 0 fully saturated rings. The molecule has 1 atom stereocenters. The van der Waals surface area contributed by atoms with Gasteiger partial charge in [-0.15, -0.1) is 0 Å². The minimum Gasteiger partial charge on any atom is -0.387 e. The molecule has 1 nitrogen and oxygen atoms in total. The standard InChI is InChI=1S/C6H6BBrFN/c7-6-5(9)2-1-4(3-8)10-6/h1-2,6,10H,3H2. The number of allylic oxidation sites excluding steroid dienone is 3. The van der Waals surface area contributed by atoms with Gasteiger partial charge in [-0.1, -0.05) is 15.9 Å². The fourth-order valence-corrected chi connectivity index (χ4v) is 1.03. The summed E-state index contributed by atoms with van der Waals surface area (Å²) in [6.07, 6.45) is 3.03. The summed E-state index contributed by atoms with van der Waals surface area (Å²) >= 11 is 3.22. The van der Waals surface area contributed by atoms with Crippen molar-refractivity contribution >= 4 is 23.8 Å². The van der Waals surface area contributed by atoms with E-state index in [2.05, 4.69) is 21.2 Å². The Morgan fingerprint density at radius 2 is 2.40 bits per heavy atom. The first kappa shape index (κ1) is 7.86. The summed E-state index contributed by atoms with van der Waals surface area (Å²) in [5.74, 6) is -0.998. The first-order valence-corrected chi connectivity index (χ1v) is 4.00. The summed E-state index contributed by atoms with van der Waals surface area (Å²) < 4.78 is 12.5. The molecule has 0 bridgehead atoms. The first-order chi connectivity index (χ1) is 4.74. The first-order valence-electron chi connectivity index (χ1n) is 2.88. The summed E-state index contributed by atoms with van der Waals surface area (Å²) in [6.45, 7) is 0. The molecule has 1 rings (SSSR count). The molecular weight excluding hydrogens is 196 g/mol. The van der Waals surface area contributed by atoms with Crippen molar-refractivity contribution < 1.29 is 4.39 Å². The lowest BCUT2D eigenvalue weighted by Crippen LogP contribution is -2.32. The molecule has 2 radical (unpaired) electrons. The van der Waals surface area contributed by atoms with Crippen LogP contribution in [0.15, 0.2) is 23.7 Å². The minimum absolute atomic E-state index is 0.329. The molecule has 1 heterocycles. The van der Waals surface area contributed by atoms with E-state index >= 15 is 0 Å². The minimum atomic E-state index is -0.669. The number of halogens is 2. The molecule has 0 spiro atoms. The van der Waals surface area contributed by atoms with Crippen molar-refractivity contribution in [2.45, 2.75) is 5.94 Å². The smallest absolute Gasteiger partial charge is 0.113 e. The Morgan fingerprint density at radius 3 is 2.90 bits per heavy atom. The monoisotopic (exact) mass is 201 g/mol. The third-order valence-corrected chi connectivity index (χ3v) is 1.83. The molecule has 0 saturated heterocycles. The lowest BCUT2D eigenvalue weighted by atomic mass is 9.93. The van der Waals surface area contributed by atoms with Gasteiger partial charge in [0.05, 0.1) is 0 Å². The number of alkyl halides is 1. The molecule has 0 aromatic carbocycles. The van der Waals surface area contributed by atoms with Crippen molar-refractivity contribution in [3.8, 4) is 0 Å². The number of dihydropyridines is 1. The quantitative estimate of drug-likeness (QED) is 0.497. The van der Waals surface area contributed by atoms with E-state index in [0.29, 0.717) is 5.33 Å². The second kappa shape index (κ2) is 3.24. The van der Waals surface area contributed by atoms with Gasteiger partial charge in [-0.05, 0) is 12.2 Å². The number of hydrogen-bond donors (Lipinski definition) is 1. The van der Waals surface area contributed by atoms with Crippen molar-refractivity contribution in [1.82, 2.24) is 5.32 Å². The highest BCUT2D eigenvalue weighted by Crippen LogP contribution is 2.10. The molecule has 4 heteroatoms. The summed E-state index contributed by atoms with van der Waals surface area (Å²) in [4.78, 5) is 0. The van der Waals surface area contributed by atoms with Crippen molar-refractivity contribution in [3.05, 3.63) is 23.7 Å². The van der Waals surface area contributed by atoms with Crippen molar-refractivity contribution in [2.24, 2.45) is 0 Å². The fourth-order valence-electron chi connectivity index (χ4n) is 0.684. The van der Waals surface area contributed by atoms with Crippen molar-refractivity contribution in [2.75, 3.05) is 5.33 Å². The lowest BCUT2D eigenvalue weighted by molar-refractivity contribution is 0.561. The van der Waals surface area contributed by atoms with Gasteiger partial charge in [0, 0.05) is 17.0 Å². The van der Waals surface area contributed by atoms with Gasteiger partial charge >= 0.3 is 0 Å². The number of hydrogen-bond acceptors (Lipinski definition) is 1. The molecule has 10 heavy (non-hydrogen) atoms. The molecule has 1 aliphatic rings. The highest BCUT2D eigenvalue weighted by molar-refractivity contribution is 9.09. The molecular formula is C6H6BBrFN. The van der Waals surface area contributed by atoms with Crippen LogP contribution in [0.2, 0.25) is 0 Å².